The minimum Gasteiger partial charge on any atom is -0.351 e. The van der Waals surface area contributed by atoms with Crippen molar-refractivity contribution < 1.29 is 4.79 Å². The van der Waals surface area contributed by atoms with E-state index >= 15 is 0 Å². The van der Waals surface area contributed by atoms with Crippen LogP contribution in [0.3, 0.4) is 0 Å². The van der Waals surface area contributed by atoms with Crippen LogP contribution in [0.2, 0.25) is 10.0 Å². The summed E-state index contributed by atoms with van der Waals surface area (Å²) in [5, 5.41) is 7.49. The molecule has 1 unspecified atom stereocenters. The first kappa shape index (κ1) is 18.0. The van der Waals surface area contributed by atoms with Crippen LogP contribution in [0.15, 0.2) is 29.5 Å². The lowest BCUT2D eigenvalue weighted by atomic mass is 9.94. The van der Waals surface area contributed by atoms with Crippen molar-refractivity contribution in [1.82, 2.24) is 15.5 Å². The zero-order valence-corrected chi connectivity index (χ0v) is 15.6. The number of hydrogen-bond donors (Lipinski definition) is 2. The fourth-order valence-corrected chi connectivity index (χ4v) is 3.32. The zero-order chi connectivity index (χ0) is 17.1. The Morgan fingerprint density at radius 1 is 1.30 bits per heavy atom. The molecule has 124 valence electrons. The lowest BCUT2D eigenvalue weighted by Gasteiger charge is -2.33. The van der Waals surface area contributed by atoms with E-state index in [-0.39, 0.29) is 5.91 Å². The van der Waals surface area contributed by atoms with Crippen molar-refractivity contribution in [3.8, 4) is 0 Å². The van der Waals surface area contributed by atoms with E-state index in [0.717, 1.165) is 11.3 Å². The maximum atomic E-state index is 12.9. The predicted molar refractivity (Wildman–Crippen MR) is 98.7 cm³/mol. The predicted octanol–water partition coefficient (Wildman–Crippen LogP) is 3.65. The molecule has 0 saturated carbocycles. The first-order valence-electron chi connectivity index (χ1n) is 7.42. The SMILES string of the molecule is CCN(CC)C(=O)C1=C(C)NC(=S)NC1c1cccc(Cl)c1Cl. The van der Waals surface area contributed by atoms with Gasteiger partial charge in [-0.2, -0.15) is 0 Å². The van der Waals surface area contributed by atoms with Gasteiger partial charge in [0.2, 0.25) is 0 Å². The quantitative estimate of drug-likeness (QED) is 0.792. The number of amides is 1. The normalized spacial score (nSPS) is 17.6. The Morgan fingerprint density at radius 2 is 1.96 bits per heavy atom. The van der Waals surface area contributed by atoms with Crippen LogP contribution in [-0.2, 0) is 4.79 Å². The summed E-state index contributed by atoms with van der Waals surface area (Å²) < 4.78 is 0. The summed E-state index contributed by atoms with van der Waals surface area (Å²) in [6.07, 6.45) is 0. The molecule has 1 aliphatic rings. The van der Waals surface area contributed by atoms with Crippen molar-refractivity contribution in [2.75, 3.05) is 13.1 Å². The number of carbonyl (C=O) groups is 1. The van der Waals surface area contributed by atoms with E-state index in [2.05, 4.69) is 10.6 Å². The fourth-order valence-electron chi connectivity index (χ4n) is 2.64. The average Bonchev–Trinajstić information content (AvgIpc) is 2.50. The molecule has 0 fully saturated rings. The number of benzene rings is 1. The molecule has 2 N–H and O–H groups in total. The summed E-state index contributed by atoms with van der Waals surface area (Å²) in [6.45, 7) is 7.01. The van der Waals surface area contributed by atoms with E-state index in [1.807, 2.05) is 32.9 Å². The van der Waals surface area contributed by atoms with Gasteiger partial charge in [0.15, 0.2) is 5.11 Å². The summed E-state index contributed by atoms with van der Waals surface area (Å²) in [4.78, 5) is 14.7. The van der Waals surface area contributed by atoms with Gasteiger partial charge in [0.25, 0.3) is 5.91 Å². The zero-order valence-electron chi connectivity index (χ0n) is 13.2. The minimum atomic E-state index is -0.428. The third-order valence-electron chi connectivity index (χ3n) is 3.84. The van der Waals surface area contributed by atoms with Crippen molar-refractivity contribution in [1.29, 1.82) is 0 Å². The highest BCUT2D eigenvalue weighted by molar-refractivity contribution is 7.80. The molecular weight excluding hydrogens is 353 g/mol. The molecule has 0 saturated heterocycles. The molecule has 4 nitrogen and oxygen atoms in total. The molecule has 1 aliphatic heterocycles. The third-order valence-corrected chi connectivity index (χ3v) is 4.90. The average molecular weight is 372 g/mol. The number of likely N-dealkylation sites (N-methyl/N-ethyl adjacent to an activating group) is 1. The van der Waals surface area contributed by atoms with Crippen molar-refractivity contribution >= 4 is 46.4 Å². The van der Waals surface area contributed by atoms with Gasteiger partial charge < -0.3 is 15.5 Å². The van der Waals surface area contributed by atoms with Crippen LogP contribution >= 0.6 is 35.4 Å². The highest BCUT2D eigenvalue weighted by Gasteiger charge is 2.33. The first-order valence-corrected chi connectivity index (χ1v) is 8.58. The van der Waals surface area contributed by atoms with Crippen LogP contribution in [0.25, 0.3) is 0 Å². The summed E-state index contributed by atoms with van der Waals surface area (Å²) in [6, 6.07) is 4.95. The molecule has 23 heavy (non-hydrogen) atoms. The molecule has 1 heterocycles. The molecule has 0 aromatic heterocycles. The summed E-state index contributed by atoms with van der Waals surface area (Å²) in [5.41, 5.74) is 2.07. The number of nitrogens with one attached hydrogen (secondary N) is 2. The standard InChI is InChI=1S/C16H19Cl2N3OS/c1-4-21(5-2)15(22)12-9(3)19-16(23)20-14(12)10-7-6-8-11(17)13(10)18/h6-8,14H,4-5H2,1-3H3,(H2,19,20,23). The van der Waals surface area contributed by atoms with Crippen molar-refractivity contribution in [3.05, 3.63) is 45.1 Å². The van der Waals surface area contributed by atoms with Crippen molar-refractivity contribution in [2.45, 2.75) is 26.8 Å². The molecular formula is C16H19Cl2N3OS. The minimum absolute atomic E-state index is 0.0453. The van der Waals surface area contributed by atoms with Gasteiger partial charge in [-0.3, -0.25) is 4.79 Å². The molecule has 2 rings (SSSR count). The molecule has 0 aliphatic carbocycles. The smallest absolute Gasteiger partial charge is 0.253 e. The van der Waals surface area contributed by atoms with E-state index in [9.17, 15) is 4.79 Å². The number of halogens is 2. The van der Waals surface area contributed by atoms with Crippen LogP contribution in [0, 0.1) is 0 Å². The molecule has 7 heteroatoms. The molecule has 1 aromatic rings. The number of hydrogen-bond acceptors (Lipinski definition) is 2. The van der Waals surface area contributed by atoms with Crippen molar-refractivity contribution in [3.63, 3.8) is 0 Å². The second-order valence-electron chi connectivity index (χ2n) is 5.19. The number of rotatable bonds is 4. The Morgan fingerprint density at radius 3 is 2.57 bits per heavy atom. The summed E-state index contributed by atoms with van der Waals surface area (Å²) in [7, 11) is 0. The monoisotopic (exact) mass is 371 g/mol. The van der Waals surface area contributed by atoms with E-state index in [1.165, 1.54) is 0 Å². The van der Waals surface area contributed by atoms with Crippen molar-refractivity contribution in [2.24, 2.45) is 0 Å². The first-order chi connectivity index (χ1) is 10.9. The third kappa shape index (κ3) is 3.62. The number of nitrogens with zero attached hydrogens (tertiary/aromatic N) is 1. The van der Waals surface area contributed by atoms with Crippen LogP contribution < -0.4 is 10.6 Å². The Kier molecular flexibility index (Phi) is 5.89. The second kappa shape index (κ2) is 7.51. The van der Waals surface area contributed by atoms with Gasteiger partial charge in [0.05, 0.1) is 21.7 Å². The Hall–Kier alpha value is -1.30. The largest absolute Gasteiger partial charge is 0.351 e. The van der Waals surface area contributed by atoms with Crippen LogP contribution in [0.4, 0.5) is 0 Å². The number of allylic oxidation sites excluding steroid dienone is 1. The van der Waals surface area contributed by atoms with Gasteiger partial charge >= 0.3 is 0 Å². The van der Waals surface area contributed by atoms with Gasteiger partial charge in [-0.05, 0) is 44.6 Å². The summed E-state index contributed by atoms with van der Waals surface area (Å²) >= 11 is 17.7. The van der Waals surface area contributed by atoms with E-state index in [1.54, 1.807) is 11.0 Å². The lowest BCUT2D eigenvalue weighted by Crippen LogP contribution is -2.47. The molecule has 1 atom stereocenters. The molecule has 0 bridgehead atoms. The molecule has 1 amide bonds. The highest BCUT2D eigenvalue weighted by Crippen LogP contribution is 2.35. The molecule has 0 radical (unpaired) electrons. The van der Waals surface area contributed by atoms with Crippen LogP contribution in [-0.4, -0.2) is 29.0 Å². The summed E-state index contributed by atoms with van der Waals surface area (Å²) in [5.74, 6) is -0.0453. The lowest BCUT2D eigenvalue weighted by molar-refractivity contribution is -0.127. The van der Waals surface area contributed by atoms with Crippen LogP contribution in [0.5, 0.6) is 0 Å². The van der Waals surface area contributed by atoms with Gasteiger partial charge in [0.1, 0.15) is 0 Å². The second-order valence-corrected chi connectivity index (χ2v) is 6.38. The Labute approximate surface area is 151 Å². The molecule has 1 aromatic carbocycles. The maximum Gasteiger partial charge on any atom is 0.253 e. The highest BCUT2D eigenvalue weighted by atomic mass is 35.5. The molecule has 0 spiro atoms. The van der Waals surface area contributed by atoms with Gasteiger partial charge in [-0.15, -0.1) is 0 Å². The number of carbonyl (C=O) groups excluding carboxylic acids is 1. The van der Waals surface area contributed by atoms with Crippen LogP contribution in [0.1, 0.15) is 32.4 Å². The fraction of sp³-hybridized carbons (Fsp3) is 0.375. The Balaban J connectivity index is 2.55. The van der Waals surface area contributed by atoms with E-state index in [4.69, 9.17) is 35.4 Å². The van der Waals surface area contributed by atoms with Gasteiger partial charge in [-0.25, -0.2) is 0 Å². The van der Waals surface area contributed by atoms with Gasteiger partial charge in [-0.1, -0.05) is 35.3 Å². The maximum absolute atomic E-state index is 12.9. The van der Waals surface area contributed by atoms with Gasteiger partial charge in [0, 0.05) is 18.8 Å². The number of thiocarbonyl (C=S) groups is 1. The van der Waals surface area contributed by atoms with E-state index in [0.29, 0.717) is 33.8 Å². The van der Waals surface area contributed by atoms with E-state index < -0.39 is 6.04 Å². The topological polar surface area (TPSA) is 44.4 Å². The Bertz CT molecular complexity index is 671.